The maximum atomic E-state index is 12.7. The highest BCUT2D eigenvalue weighted by Crippen LogP contribution is 2.28. The van der Waals surface area contributed by atoms with Crippen LogP contribution in [0.2, 0.25) is 0 Å². The van der Waals surface area contributed by atoms with Crippen molar-refractivity contribution in [3.8, 4) is 0 Å². The molecular weight excluding hydrogens is 402 g/mol. The number of anilines is 1. The summed E-state index contributed by atoms with van der Waals surface area (Å²) < 4.78 is 0. The second-order valence-electron chi connectivity index (χ2n) is 7.45. The Morgan fingerprint density at radius 2 is 1.90 bits per heavy atom. The maximum Gasteiger partial charge on any atom is 0.307 e. The van der Waals surface area contributed by atoms with Gasteiger partial charge in [-0.15, -0.1) is 0 Å². The number of amides is 4. The first-order valence-electron chi connectivity index (χ1n) is 9.72. The molecule has 0 aromatic heterocycles. The lowest BCUT2D eigenvalue weighted by atomic mass is 10.0. The Balaban J connectivity index is 1.52. The van der Waals surface area contributed by atoms with Crippen molar-refractivity contribution in [2.45, 2.75) is 31.8 Å². The summed E-state index contributed by atoms with van der Waals surface area (Å²) in [4.78, 5) is 61.5. The summed E-state index contributed by atoms with van der Waals surface area (Å²) >= 11 is 0. The van der Waals surface area contributed by atoms with Crippen LogP contribution >= 0.6 is 0 Å². The third kappa shape index (κ3) is 4.02. The summed E-state index contributed by atoms with van der Waals surface area (Å²) in [7, 11) is 0. The highest BCUT2D eigenvalue weighted by molar-refractivity contribution is 6.08. The van der Waals surface area contributed by atoms with E-state index in [1.54, 1.807) is 36.4 Å². The van der Waals surface area contributed by atoms with Crippen LogP contribution in [0.3, 0.4) is 0 Å². The number of nitrogens with zero attached hydrogens (tertiary/aromatic N) is 1. The molecule has 4 rings (SSSR count). The number of piperidine rings is 1. The average Bonchev–Trinajstić information content (AvgIpc) is 3.05. The van der Waals surface area contributed by atoms with Crippen LogP contribution in [0.25, 0.3) is 0 Å². The molecule has 1 fully saturated rings. The Morgan fingerprint density at radius 3 is 2.65 bits per heavy atom. The molecule has 1 unspecified atom stereocenters. The highest BCUT2D eigenvalue weighted by Gasteiger charge is 2.39. The van der Waals surface area contributed by atoms with E-state index in [1.165, 1.54) is 11.0 Å². The van der Waals surface area contributed by atoms with Crippen LogP contribution in [0, 0.1) is 0 Å². The number of fused-ring (bicyclic) bond motifs is 1. The largest absolute Gasteiger partial charge is 0.481 e. The number of hydrogen-bond acceptors (Lipinski definition) is 5. The second kappa shape index (κ2) is 8.02. The van der Waals surface area contributed by atoms with Gasteiger partial charge in [-0.2, -0.15) is 0 Å². The first-order valence-corrected chi connectivity index (χ1v) is 9.72. The number of benzene rings is 2. The van der Waals surface area contributed by atoms with Gasteiger partial charge in [0, 0.05) is 29.8 Å². The van der Waals surface area contributed by atoms with E-state index < -0.39 is 23.8 Å². The van der Waals surface area contributed by atoms with Crippen LogP contribution in [0.15, 0.2) is 42.5 Å². The fourth-order valence-electron chi connectivity index (χ4n) is 3.87. The van der Waals surface area contributed by atoms with Crippen molar-refractivity contribution in [3.05, 3.63) is 64.7 Å². The Bertz CT molecular complexity index is 1130. The molecule has 2 aliphatic heterocycles. The molecule has 1 atom stereocenters. The normalized spacial score (nSPS) is 17.9. The lowest BCUT2D eigenvalue weighted by Gasteiger charge is -2.29. The number of carbonyl (C=O) groups excluding carboxylic acids is 4. The first-order chi connectivity index (χ1) is 14.8. The standard InChI is InChI=1S/C22H19N3O6/c26-18-8-7-17(21(30)24-18)25-11-14-9-13(5-6-15(14)22(25)31)20(29)23-16-4-2-1-3-12(16)10-19(27)28/h1-6,9,17H,7-8,10-11H2,(H,23,29)(H,27,28)(H,24,26,30). The monoisotopic (exact) mass is 421 g/mol. The van der Waals surface area contributed by atoms with Gasteiger partial charge in [0.25, 0.3) is 11.8 Å². The number of carboxylic acid groups (broad SMARTS) is 1. The van der Waals surface area contributed by atoms with Gasteiger partial charge in [-0.05, 0) is 41.8 Å². The molecule has 0 radical (unpaired) electrons. The lowest BCUT2D eigenvalue weighted by Crippen LogP contribution is -2.52. The van der Waals surface area contributed by atoms with E-state index in [4.69, 9.17) is 5.11 Å². The number of nitrogens with one attached hydrogen (secondary N) is 2. The fourth-order valence-corrected chi connectivity index (χ4v) is 3.87. The SMILES string of the molecule is O=C(O)Cc1ccccc1NC(=O)c1ccc2c(c1)CN(C1CCC(=O)NC1=O)C2=O. The van der Waals surface area contributed by atoms with Crippen molar-refractivity contribution in [3.63, 3.8) is 0 Å². The summed E-state index contributed by atoms with van der Waals surface area (Å²) in [5, 5.41) is 14.0. The van der Waals surface area contributed by atoms with Gasteiger partial charge in [0.2, 0.25) is 11.8 Å². The van der Waals surface area contributed by atoms with Crippen LogP contribution in [0.1, 0.15) is 44.7 Å². The van der Waals surface area contributed by atoms with E-state index in [0.29, 0.717) is 27.9 Å². The minimum Gasteiger partial charge on any atom is -0.481 e. The number of imide groups is 1. The number of hydrogen-bond donors (Lipinski definition) is 3. The van der Waals surface area contributed by atoms with Crippen LogP contribution in [0.5, 0.6) is 0 Å². The molecule has 9 heteroatoms. The van der Waals surface area contributed by atoms with E-state index in [1.807, 2.05) is 0 Å². The second-order valence-corrected chi connectivity index (χ2v) is 7.45. The van der Waals surface area contributed by atoms with Crippen LogP contribution < -0.4 is 10.6 Å². The minimum atomic E-state index is -1.01. The number of rotatable bonds is 5. The van der Waals surface area contributed by atoms with Crippen LogP contribution in [-0.4, -0.2) is 45.6 Å². The molecule has 9 nitrogen and oxygen atoms in total. The molecular formula is C22H19N3O6. The molecule has 0 spiro atoms. The van der Waals surface area contributed by atoms with Gasteiger partial charge in [-0.3, -0.25) is 29.3 Å². The van der Waals surface area contributed by atoms with E-state index in [9.17, 15) is 24.0 Å². The number of carbonyl (C=O) groups is 5. The van der Waals surface area contributed by atoms with Gasteiger partial charge in [0.05, 0.1) is 6.42 Å². The summed E-state index contributed by atoms with van der Waals surface area (Å²) in [5.74, 6) is -2.61. The van der Waals surface area contributed by atoms with Crippen molar-refractivity contribution in [2.75, 3.05) is 5.32 Å². The predicted octanol–water partition coefficient (Wildman–Crippen LogP) is 1.33. The molecule has 2 aliphatic rings. The van der Waals surface area contributed by atoms with Crippen LogP contribution in [-0.2, 0) is 27.3 Å². The zero-order valence-corrected chi connectivity index (χ0v) is 16.4. The lowest BCUT2D eigenvalue weighted by molar-refractivity contribution is -0.137. The first kappa shape index (κ1) is 20.3. The molecule has 2 aromatic carbocycles. The molecule has 4 amide bonds. The minimum absolute atomic E-state index is 0.164. The third-order valence-electron chi connectivity index (χ3n) is 5.39. The molecule has 2 aromatic rings. The predicted molar refractivity (Wildman–Crippen MR) is 108 cm³/mol. The molecule has 0 bridgehead atoms. The number of aliphatic carboxylic acids is 1. The zero-order chi connectivity index (χ0) is 22.1. The van der Waals surface area contributed by atoms with E-state index >= 15 is 0 Å². The summed E-state index contributed by atoms with van der Waals surface area (Å²) in [6.07, 6.45) is 0.202. The molecule has 158 valence electrons. The Kier molecular flexibility index (Phi) is 5.24. The van der Waals surface area contributed by atoms with Crippen molar-refractivity contribution in [1.29, 1.82) is 0 Å². The number of para-hydroxylation sites is 1. The van der Waals surface area contributed by atoms with E-state index in [2.05, 4.69) is 10.6 Å². The third-order valence-corrected chi connectivity index (χ3v) is 5.39. The Labute approximate surface area is 177 Å². The van der Waals surface area contributed by atoms with Gasteiger partial charge < -0.3 is 15.3 Å². The van der Waals surface area contributed by atoms with Crippen molar-refractivity contribution >= 4 is 35.3 Å². The molecule has 2 heterocycles. The van der Waals surface area contributed by atoms with Crippen molar-refractivity contribution < 1.29 is 29.1 Å². The quantitative estimate of drug-likeness (QED) is 0.624. The molecule has 0 saturated carbocycles. The highest BCUT2D eigenvalue weighted by atomic mass is 16.4. The van der Waals surface area contributed by atoms with Gasteiger partial charge >= 0.3 is 5.97 Å². The smallest absolute Gasteiger partial charge is 0.307 e. The maximum absolute atomic E-state index is 12.7. The van der Waals surface area contributed by atoms with Gasteiger partial charge in [0.15, 0.2) is 0 Å². The fraction of sp³-hybridized carbons (Fsp3) is 0.227. The molecule has 3 N–H and O–H groups in total. The van der Waals surface area contributed by atoms with E-state index in [-0.39, 0.29) is 37.6 Å². The summed E-state index contributed by atoms with van der Waals surface area (Å²) in [5.41, 5.74) is 2.20. The zero-order valence-electron chi connectivity index (χ0n) is 16.4. The average molecular weight is 421 g/mol. The summed E-state index contributed by atoms with van der Waals surface area (Å²) in [6, 6.07) is 10.6. The van der Waals surface area contributed by atoms with Crippen molar-refractivity contribution in [2.24, 2.45) is 0 Å². The van der Waals surface area contributed by atoms with Gasteiger partial charge in [-0.25, -0.2) is 0 Å². The molecule has 0 aliphatic carbocycles. The summed E-state index contributed by atoms with van der Waals surface area (Å²) in [6.45, 7) is 0.164. The number of carboxylic acids is 1. The van der Waals surface area contributed by atoms with Gasteiger partial charge in [0.1, 0.15) is 6.04 Å². The molecule has 1 saturated heterocycles. The Morgan fingerprint density at radius 1 is 1.13 bits per heavy atom. The Hall–Kier alpha value is -4.01. The topological polar surface area (TPSA) is 133 Å². The van der Waals surface area contributed by atoms with Gasteiger partial charge in [-0.1, -0.05) is 18.2 Å². The van der Waals surface area contributed by atoms with Crippen LogP contribution in [0.4, 0.5) is 5.69 Å². The molecule has 31 heavy (non-hydrogen) atoms. The van der Waals surface area contributed by atoms with E-state index in [0.717, 1.165) is 0 Å². The van der Waals surface area contributed by atoms with Crippen molar-refractivity contribution in [1.82, 2.24) is 10.2 Å².